The quantitative estimate of drug-likeness (QED) is 0.287. The summed E-state index contributed by atoms with van der Waals surface area (Å²) in [7, 11) is 2.97. The molecule has 2 aromatic carbocycles. The Morgan fingerprint density at radius 3 is 2.32 bits per heavy atom. The number of hydrogen-bond donors (Lipinski definition) is 2. The summed E-state index contributed by atoms with van der Waals surface area (Å²) in [5.74, 6) is -0.894. The first-order valence-corrected chi connectivity index (χ1v) is 10.2. The van der Waals surface area contributed by atoms with Crippen LogP contribution < -0.4 is 9.47 Å². The lowest BCUT2D eigenvalue weighted by Crippen LogP contribution is -2.30. The number of phenolic OH excluding ortho intramolecular Hbond substituents is 1. The van der Waals surface area contributed by atoms with Gasteiger partial charge in [0.05, 0.1) is 25.8 Å². The van der Waals surface area contributed by atoms with E-state index in [0.29, 0.717) is 23.4 Å². The average Bonchev–Trinajstić information content (AvgIpc) is 3.03. The number of aliphatic hydroxyl groups is 1. The van der Waals surface area contributed by atoms with Crippen molar-refractivity contribution in [2.24, 2.45) is 0 Å². The van der Waals surface area contributed by atoms with Crippen molar-refractivity contribution < 1.29 is 29.3 Å². The number of carbonyl (C=O) groups excluding carboxylic acids is 2. The van der Waals surface area contributed by atoms with Gasteiger partial charge >= 0.3 is 0 Å². The molecule has 1 aliphatic heterocycles. The molecule has 7 heteroatoms. The third kappa shape index (κ3) is 4.35. The zero-order valence-corrected chi connectivity index (χ0v) is 17.9. The molecule has 31 heavy (non-hydrogen) atoms. The van der Waals surface area contributed by atoms with Crippen molar-refractivity contribution in [3.05, 3.63) is 59.2 Å². The number of methoxy groups -OCH3 is 2. The molecule has 1 atom stereocenters. The van der Waals surface area contributed by atoms with E-state index in [9.17, 15) is 19.8 Å². The third-order valence-electron chi connectivity index (χ3n) is 5.42. The van der Waals surface area contributed by atoms with E-state index in [0.717, 1.165) is 19.3 Å². The molecule has 1 unspecified atom stereocenters. The molecule has 0 bridgehead atoms. The maximum atomic E-state index is 13.0. The molecule has 1 amide bonds. The molecule has 7 nitrogen and oxygen atoms in total. The van der Waals surface area contributed by atoms with Gasteiger partial charge in [0.15, 0.2) is 11.5 Å². The van der Waals surface area contributed by atoms with Crippen LogP contribution in [0, 0.1) is 0 Å². The number of likely N-dealkylation sites (tertiary alicyclic amines) is 1. The first-order chi connectivity index (χ1) is 14.9. The number of rotatable bonds is 8. The van der Waals surface area contributed by atoms with E-state index in [4.69, 9.17) is 9.47 Å². The minimum Gasteiger partial charge on any atom is -0.507 e. The number of Topliss-reactive ketones (excluding diaryl/α,β-unsaturated/α-hetero) is 1. The molecule has 3 rings (SSSR count). The Hall–Kier alpha value is -3.48. The fourth-order valence-corrected chi connectivity index (χ4v) is 3.77. The normalized spacial score (nSPS) is 17.8. The summed E-state index contributed by atoms with van der Waals surface area (Å²) < 4.78 is 10.2. The van der Waals surface area contributed by atoms with E-state index in [1.54, 1.807) is 36.4 Å². The standard InChI is InChI=1S/C24H27NO6/c1-4-5-6-13-25-21(16-9-12-19(31-3)18(26)14-16)20(23(28)24(25)29)22(27)15-7-10-17(30-2)11-8-15/h7-12,14,21,26-27H,4-6,13H2,1-3H3/b22-20-. The lowest BCUT2D eigenvalue weighted by Gasteiger charge is -2.25. The SMILES string of the molecule is CCCCCN1C(=O)C(=O)/C(=C(\O)c2ccc(OC)cc2)C1c1ccc(OC)c(O)c1. The van der Waals surface area contributed by atoms with E-state index in [-0.39, 0.29) is 22.8 Å². The summed E-state index contributed by atoms with van der Waals surface area (Å²) in [6, 6.07) is 10.5. The number of ether oxygens (including phenoxy) is 2. The van der Waals surface area contributed by atoms with Gasteiger partial charge < -0.3 is 24.6 Å². The fourth-order valence-electron chi connectivity index (χ4n) is 3.77. The van der Waals surface area contributed by atoms with Crippen molar-refractivity contribution in [1.29, 1.82) is 0 Å². The van der Waals surface area contributed by atoms with Crippen LogP contribution in [0.5, 0.6) is 17.2 Å². The highest BCUT2D eigenvalue weighted by Gasteiger charge is 2.45. The topological polar surface area (TPSA) is 96.3 Å². The third-order valence-corrected chi connectivity index (χ3v) is 5.42. The lowest BCUT2D eigenvalue weighted by atomic mass is 9.95. The van der Waals surface area contributed by atoms with Crippen molar-refractivity contribution in [3.63, 3.8) is 0 Å². The van der Waals surface area contributed by atoms with Crippen LogP contribution in [0.4, 0.5) is 0 Å². The highest BCUT2D eigenvalue weighted by Crippen LogP contribution is 2.41. The van der Waals surface area contributed by atoms with Crippen LogP contribution >= 0.6 is 0 Å². The number of benzene rings is 2. The molecule has 0 saturated carbocycles. The van der Waals surface area contributed by atoms with Crippen LogP contribution in [0.3, 0.4) is 0 Å². The Morgan fingerprint density at radius 1 is 1.03 bits per heavy atom. The van der Waals surface area contributed by atoms with Gasteiger partial charge in [-0.1, -0.05) is 25.8 Å². The van der Waals surface area contributed by atoms with Gasteiger partial charge in [-0.25, -0.2) is 0 Å². The van der Waals surface area contributed by atoms with Gasteiger partial charge in [0.25, 0.3) is 11.7 Å². The van der Waals surface area contributed by atoms with Crippen molar-refractivity contribution in [1.82, 2.24) is 4.90 Å². The number of hydrogen-bond acceptors (Lipinski definition) is 6. The number of carbonyl (C=O) groups is 2. The number of phenols is 1. The summed E-state index contributed by atoms with van der Waals surface area (Å²) >= 11 is 0. The second-order valence-corrected chi connectivity index (χ2v) is 7.36. The van der Waals surface area contributed by atoms with E-state index in [2.05, 4.69) is 6.92 Å². The van der Waals surface area contributed by atoms with Crippen molar-refractivity contribution in [2.75, 3.05) is 20.8 Å². The number of unbranched alkanes of at least 4 members (excludes halogenated alkanes) is 2. The highest BCUT2D eigenvalue weighted by molar-refractivity contribution is 6.46. The van der Waals surface area contributed by atoms with Crippen molar-refractivity contribution >= 4 is 17.4 Å². The predicted octanol–water partition coefficient (Wildman–Crippen LogP) is 4.02. The van der Waals surface area contributed by atoms with Crippen LogP contribution in [0.25, 0.3) is 5.76 Å². The van der Waals surface area contributed by atoms with Crippen LogP contribution in [-0.2, 0) is 9.59 Å². The molecule has 1 saturated heterocycles. The second kappa shape index (κ2) is 9.55. The van der Waals surface area contributed by atoms with Gasteiger partial charge in [-0.2, -0.15) is 0 Å². The van der Waals surface area contributed by atoms with Gasteiger partial charge in [-0.05, 0) is 48.4 Å². The second-order valence-electron chi connectivity index (χ2n) is 7.36. The molecule has 2 aromatic rings. The van der Waals surface area contributed by atoms with E-state index < -0.39 is 17.7 Å². The van der Waals surface area contributed by atoms with Crippen LogP contribution in [0.15, 0.2) is 48.0 Å². The Morgan fingerprint density at radius 2 is 1.74 bits per heavy atom. The van der Waals surface area contributed by atoms with Crippen LogP contribution in [0.1, 0.15) is 43.4 Å². The largest absolute Gasteiger partial charge is 0.507 e. The maximum absolute atomic E-state index is 13.0. The zero-order chi connectivity index (χ0) is 22.5. The molecule has 2 N–H and O–H groups in total. The summed E-state index contributed by atoms with van der Waals surface area (Å²) in [4.78, 5) is 27.3. The Labute approximate surface area is 181 Å². The van der Waals surface area contributed by atoms with Crippen LogP contribution in [0.2, 0.25) is 0 Å². The molecular weight excluding hydrogens is 398 g/mol. The Bertz CT molecular complexity index is 996. The fraction of sp³-hybridized carbons (Fsp3) is 0.333. The monoisotopic (exact) mass is 425 g/mol. The molecule has 0 spiro atoms. The van der Waals surface area contributed by atoms with Gasteiger partial charge in [-0.15, -0.1) is 0 Å². The number of amides is 1. The minimum atomic E-state index is -0.809. The maximum Gasteiger partial charge on any atom is 0.295 e. The summed E-state index contributed by atoms with van der Waals surface area (Å²) in [5, 5.41) is 21.3. The molecule has 0 aromatic heterocycles. The van der Waals surface area contributed by atoms with E-state index in [1.807, 2.05) is 0 Å². The lowest BCUT2D eigenvalue weighted by molar-refractivity contribution is -0.139. The van der Waals surface area contributed by atoms with Gasteiger partial charge in [-0.3, -0.25) is 9.59 Å². The molecular formula is C24H27NO6. The Balaban J connectivity index is 2.12. The first-order valence-electron chi connectivity index (χ1n) is 10.2. The summed E-state index contributed by atoms with van der Waals surface area (Å²) in [6.07, 6.45) is 2.59. The Kier molecular flexibility index (Phi) is 6.84. The van der Waals surface area contributed by atoms with Crippen molar-refractivity contribution in [3.8, 4) is 17.2 Å². The minimum absolute atomic E-state index is 0.00349. The number of nitrogens with zero attached hydrogens (tertiary/aromatic N) is 1. The summed E-state index contributed by atoms with van der Waals surface area (Å²) in [5.41, 5.74) is 0.912. The van der Waals surface area contributed by atoms with Gasteiger partial charge in [0, 0.05) is 12.1 Å². The number of aromatic hydroxyl groups is 1. The number of aliphatic hydroxyl groups excluding tert-OH is 1. The van der Waals surface area contributed by atoms with Crippen molar-refractivity contribution in [2.45, 2.75) is 32.2 Å². The molecule has 0 radical (unpaired) electrons. The molecule has 1 heterocycles. The van der Waals surface area contributed by atoms with Gasteiger partial charge in [0.2, 0.25) is 0 Å². The smallest absolute Gasteiger partial charge is 0.295 e. The first kappa shape index (κ1) is 22.2. The van der Waals surface area contributed by atoms with E-state index in [1.165, 1.54) is 25.2 Å². The molecule has 164 valence electrons. The average molecular weight is 425 g/mol. The zero-order valence-electron chi connectivity index (χ0n) is 17.9. The molecule has 0 aliphatic carbocycles. The van der Waals surface area contributed by atoms with E-state index >= 15 is 0 Å². The highest BCUT2D eigenvalue weighted by atomic mass is 16.5. The molecule has 1 aliphatic rings. The predicted molar refractivity (Wildman–Crippen MR) is 116 cm³/mol. The summed E-state index contributed by atoms with van der Waals surface area (Å²) in [6.45, 7) is 2.42. The van der Waals surface area contributed by atoms with Crippen LogP contribution in [-0.4, -0.2) is 47.6 Å². The molecule has 1 fully saturated rings. The number of ketones is 1. The van der Waals surface area contributed by atoms with Gasteiger partial charge in [0.1, 0.15) is 11.5 Å².